The second-order valence-electron chi connectivity index (χ2n) is 5.55. The van der Waals surface area contributed by atoms with Crippen molar-refractivity contribution in [1.29, 1.82) is 0 Å². The molecule has 104 valence electrons. The lowest BCUT2D eigenvalue weighted by atomic mass is 10.1. The molecule has 0 aliphatic heterocycles. The summed E-state index contributed by atoms with van der Waals surface area (Å²) in [5, 5.41) is 11.8. The number of nitrogens with two attached hydrogens (primary N) is 1. The fourth-order valence-corrected chi connectivity index (χ4v) is 2.62. The lowest BCUT2D eigenvalue weighted by Gasteiger charge is -2.26. The molecular weight excluding hydrogens is 238 g/mol. The standard InChI is InChI=1S/C15H23N3O/c1-11(2)18(10-15(16)17-19)9-12-6-7-13-4-3-5-14(13)8-12/h6-8,11,19H,3-5,9-10H2,1-2H3,(H2,16,17). The van der Waals surface area contributed by atoms with Crippen molar-refractivity contribution in [3.63, 3.8) is 0 Å². The molecule has 0 aromatic heterocycles. The second kappa shape index (κ2) is 6.06. The third kappa shape index (κ3) is 3.47. The lowest BCUT2D eigenvalue weighted by Crippen LogP contribution is -2.38. The van der Waals surface area contributed by atoms with Gasteiger partial charge in [-0.2, -0.15) is 0 Å². The van der Waals surface area contributed by atoms with Crippen molar-refractivity contribution in [3.8, 4) is 0 Å². The quantitative estimate of drug-likeness (QED) is 0.369. The van der Waals surface area contributed by atoms with Crippen LogP contribution in [0.3, 0.4) is 0 Å². The number of hydrogen-bond donors (Lipinski definition) is 2. The van der Waals surface area contributed by atoms with E-state index in [1.54, 1.807) is 0 Å². The first-order chi connectivity index (χ1) is 9.10. The molecule has 0 saturated carbocycles. The highest BCUT2D eigenvalue weighted by Gasteiger charge is 2.15. The van der Waals surface area contributed by atoms with Gasteiger partial charge in [0.15, 0.2) is 5.84 Å². The summed E-state index contributed by atoms with van der Waals surface area (Å²) in [7, 11) is 0. The average Bonchev–Trinajstić information content (AvgIpc) is 2.85. The number of hydrogen-bond acceptors (Lipinski definition) is 3. The number of nitrogens with zero attached hydrogens (tertiary/aromatic N) is 2. The molecule has 0 bridgehead atoms. The number of fused-ring (bicyclic) bond motifs is 1. The Kier molecular flexibility index (Phi) is 4.43. The topological polar surface area (TPSA) is 61.8 Å². The van der Waals surface area contributed by atoms with Crippen molar-refractivity contribution < 1.29 is 5.21 Å². The van der Waals surface area contributed by atoms with Gasteiger partial charge in [-0.15, -0.1) is 0 Å². The van der Waals surface area contributed by atoms with Gasteiger partial charge >= 0.3 is 0 Å². The number of oxime groups is 1. The minimum Gasteiger partial charge on any atom is -0.409 e. The second-order valence-corrected chi connectivity index (χ2v) is 5.55. The van der Waals surface area contributed by atoms with Gasteiger partial charge in [-0.25, -0.2) is 0 Å². The molecule has 0 fully saturated rings. The van der Waals surface area contributed by atoms with Gasteiger partial charge < -0.3 is 10.9 Å². The number of amidine groups is 1. The fourth-order valence-electron chi connectivity index (χ4n) is 2.62. The van der Waals surface area contributed by atoms with Crippen LogP contribution in [0.15, 0.2) is 23.4 Å². The maximum Gasteiger partial charge on any atom is 0.153 e. The van der Waals surface area contributed by atoms with Crippen LogP contribution in [0.5, 0.6) is 0 Å². The Morgan fingerprint density at radius 2 is 2.11 bits per heavy atom. The first-order valence-corrected chi connectivity index (χ1v) is 6.91. The van der Waals surface area contributed by atoms with Crippen LogP contribution < -0.4 is 5.73 Å². The largest absolute Gasteiger partial charge is 0.409 e. The summed E-state index contributed by atoms with van der Waals surface area (Å²) >= 11 is 0. The third-order valence-electron chi connectivity index (χ3n) is 3.77. The Labute approximate surface area is 114 Å². The van der Waals surface area contributed by atoms with Gasteiger partial charge in [0.05, 0.1) is 6.54 Å². The molecule has 0 radical (unpaired) electrons. The molecule has 0 heterocycles. The van der Waals surface area contributed by atoms with Gasteiger partial charge in [0.2, 0.25) is 0 Å². The average molecular weight is 261 g/mol. The third-order valence-corrected chi connectivity index (χ3v) is 3.77. The SMILES string of the molecule is CC(C)N(CC(N)=NO)Cc1ccc2c(c1)CCC2. The normalized spacial score (nSPS) is 15.3. The van der Waals surface area contributed by atoms with Crippen molar-refractivity contribution in [2.45, 2.75) is 45.7 Å². The van der Waals surface area contributed by atoms with Crippen molar-refractivity contribution >= 4 is 5.84 Å². The van der Waals surface area contributed by atoms with E-state index in [2.05, 4.69) is 42.1 Å². The molecule has 1 aliphatic rings. The molecule has 1 aromatic carbocycles. The van der Waals surface area contributed by atoms with Crippen LogP contribution in [0.2, 0.25) is 0 Å². The predicted molar refractivity (Wildman–Crippen MR) is 77.4 cm³/mol. The maximum atomic E-state index is 8.69. The van der Waals surface area contributed by atoms with Gasteiger partial charge in [0, 0.05) is 12.6 Å². The van der Waals surface area contributed by atoms with Gasteiger partial charge in [-0.05, 0) is 49.8 Å². The molecule has 0 atom stereocenters. The van der Waals surface area contributed by atoms with E-state index in [4.69, 9.17) is 10.9 Å². The molecule has 0 spiro atoms. The van der Waals surface area contributed by atoms with Crippen LogP contribution in [-0.4, -0.2) is 28.5 Å². The first kappa shape index (κ1) is 13.9. The molecule has 1 aliphatic carbocycles. The minimum atomic E-state index is 0.259. The Bertz CT molecular complexity index is 468. The Morgan fingerprint density at radius 3 is 2.79 bits per heavy atom. The summed E-state index contributed by atoms with van der Waals surface area (Å²) in [5.74, 6) is 0.259. The van der Waals surface area contributed by atoms with Crippen molar-refractivity contribution in [2.24, 2.45) is 10.9 Å². The summed E-state index contributed by atoms with van der Waals surface area (Å²) in [6.45, 7) is 5.57. The molecule has 0 saturated heterocycles. The number of aryl methyl sites for hydroxylation is 2. The Morgan fingerprint density at radius 1 is 1.37 bits per heavy atom. The molecule has 1 aromatic rings. The molecule has 2 rings (SSSR count). The fraction of sp³-hybridized carbons (Fsp3) is 0.533. The van der Waals surface area contributed by atoms with Crippen LogP contribution >= 0.6 is 0 Å². The summed E-state index contributed by atoms with van der Waals surface area (Å²) in [6, 6.07) is 7.11. The van der Waals surface area contributed by atoms with Crippen molar-refractivity contribution in [1.82, 2.24) is 4.90 Å². The highest BCUT2D eigenvalue weighted by atomic mass is 16.4. The Hall–Kier alpha value is -1.55. The first-order valence-electron chi connectivity index (χ1n) is 6.91. The Balaban J connectivity index is 2.08. The minimum absolute atomic E-state index is 0.259. The highest BCUT2D eigenvalue weighted by molar-refractivity contribution is 5.81. The lowest BCUT2D eigenvalue weighted by molar-refractivity contribution is 0.238. The predicted octanol–water partition coefficient (Wildman–Crippen LogP) is 2.13. The van der Waals surface area contributed by atoms with Gasteiger partial charge in [0.1, 0.15) is 0 Å². The number of benzene rings is 1. The van der Waals surface area contributed by atoms with E-state index in [1.807, 2.05) is 0 Å². The monoisotopic (exact) mass is 261 g/mol. The van der Waals surface area contributed by atoms with E-state index >= 15 is 0 Å². The van der Waals surface area contributed by atoms with E-state index in [0.717, 1.165) is 6.54 Å². The van der Waals surface area contributed by atoms with Gasteiger partial charge in [0.25, 0.3) is 0 Å². The summed E-state index contributed by atoms with van der Waals surface area (Å²) in [4.78, 5) is 2.20. The smallest absolute Gasteiger partial charge is 0.153 e. The summed E-state index contributed by atoms with van der Waals surface area (Å²) in [5.41, 5.74) is 9.91. The van der Waals surface area contributed by atoms with E-state index in [9.17, 15) is 0 Å². The van der Waals surface area contributed by atoms with Gasteiger partial charge in [-0.1, -0.05) is 23.4 Å². The van der Waals surface area contributed by atoms with Crippen molar-refractivity contribution in [3.05, 3.63) is 34.9 Å². The summed E-state index contributed by atoms with van der Waals surface area (Å²) < 4.78 is 0. The van der Waals surface area contributed by atoms with Crippen LogP contribution in [0.25, 0.3) is 0 Å². The van der Waals surface area contributed by atoms with E-state index in [0.29, 0.717) is 12.6 Å². The molecule has 0 amide bonds. The van der Waals surface area contributed by atoms with E-state index in [1.165, 1.54) is 36.0 Å². The summed E-state index contributed by atoms with van der Waals surface area (Å²) in [6.07, 6.45) is 3.69. The zero-order chi connectivity index (χ0) is 13.8. The molecule has 4 nitrogen and oxygen atoms in total. The molecule has 19 heavy (non-hydrogen) atoms. The molecular formula is C15H23N3O. The molecule has 0 unspecified atom stereocenters. The number of rotatable bonds is 5. The van der Waals surface area contributed by atoms with Crippen LogP contribution in [-0.2, 0) is 19.4 Å². The van der Waals surface area contributed by atoms with Gasteiger partial charge in [-0.3, -0.25) is 4.90 Å². The zero-order valence-electron chi connectivity index (χ0n) is 11.8. The van der Waals surface area contributed by atoms with E-state index in [-0.39, 0.29) is 5.84 Å². The van der Waals surface area contributed by atoms with E-state index < -0.39 is 0 Å². The highest BCUT2D eigenvalue weighted by Crippen LogP contribution is 2.23. The molecule has 4 heteroatoms. The van der Waals surface area contributed by atoms with Crippen molar-refractivity contribution in [2.75, 3.05) is 6.54 Å². The van der Waals surface area contributed by atoms with Crippen LogP contribution in [0.1, 0.15) is 37.0 Å². The maximum absolute atomic E-state index is 8.69. The zero-order valence-corrected chi connectivity index (χ0v) is 11.8. The molecule has 3 N–H and O–H groups in total. The van der Waals surface area contributed by atoms with Crippen LogP contribution in [0, 0.1) is 0 Å². The van der Waals surface area contributed by atoms with Crippen LogP contribution in [0.4, 0.5) is 0 Å².